The fraction of sp³-hybridized carbons (Fsp3) is 0.714. The number of aromatic nitrogens is 2. The van der Waals surface area contributed by atoms with E-state index in [1.165, 1.54) is 6.42 Å². The highest BCUT2D eigenvalue weighted by Gasteiger charge is 2.20. The zero-order valence-corrected chi connectivity index (χ0v) is 11.6. The Morgan fingerprint density at radius 3 is 2.89 bits per heavy atom. The van der Waals surface area contributed by atoms with Crippen molar-refractivity contribution in [2.75, 3.05) is 13.1 Å². The number of hydrogen-bond acceptors (Lipinski definition) is 2. The smallest absolute Gasteiger partial charge is 0.224 e. The van der Waals surface area contributed by atoms with E-state index in [-0.39, 0.29) is 5.91 Å². The Labute approximate surface area is 109 Å². The molecule has 2 rings (SSSR count). The minimum Gasteiger partial charge on any atom is -0.342 e. The number of carbonyl (C=O) groups is 1. The van der Waals surface area contributed by atoms with Gasteiger partial charge in [0.2, 0.25) is 5.91 Å². The van der Waals surface area contributed by atoms with Crippen LogP contribution in [0.2, 0.25) is 0 Å². The van der Waals surface area contributed by atoms with Gasteiger partial charge < -0.3 is 4.90 Å². The average Bonchev–Trinajstić information content (AvgIpc) is 2.65. The summed E-state index contributed by atoms with van der Waals surface area (Å²) in [5, 5.41) is 4.39. The van der Waals surface area contributed by atoms with Crippen LogP contribution in [0.25, 0.3) is 0 Å². The van der Waals surface area contributed by atoms with Crippen molar-refractivity contribution in [3.8, 4) is 0 Å². The van der Waals surface area contributed by atoms with Crippen molar-refractivity contribution in [3.63, 3.8) is 0 Å². The molecule has 1 atom stereocenters. The molecule has 1 saturated heterocycles. The summed E-state index contributed by atoms with van der Waals surface area (Å²) in [6.07, 6.45) is 2.96. The number of likely N-dealkylation sites (tertiary alicyclic amines) is 1. The summed E-state index contributed by atoms with van der Waals surface area (Å²) >= 11 is 0. The van der Waals surface area contributed by atoms with Crippen LogP contribution in [0.5, 0.6) is 0 Å². The number of rotatable bonds is 3. The monoisotopic (exact) mass is 249 g/mol. The van der Waals surface area contributed by atoms with Gasteiger partial charge in [-0.05, 0) is 38.7 Å². The molecular formula is C14H23N3O. The van der Waals surface area contributed by atoms with Crippen LogP contribution in [0.3, 0.4) is 0 Å². The average molecular weight is 249 g/mol. The third-order valence-corrected chi connectivity index (χ3v) is 3.65. The molecule has 1 unspecified atom stereocenters. The van der Waals surface area contributed by atoms with Crippen molar-refractivity contribution < 1.29 is 4.79 Å². The summed E-state index contributed by atoms with van der Waals surface area (Å²) in [6.45, 7) is 8.80. The first-order valence-electron chi connectivity index (χ1n) is 6.85. The van der Waals surface area contributed by atoms with E-state index in [4.69, 9.17) is 0 Å². The van der Waals surface area contributed by atoms with E-state index in [9.17, 15) is 4.79 Å². The van der Waals surface area contributed by atoms with Crippen molar-refractivity contribution in [1.29, 1.82) is 0 Å². The number of aryl methyl sites for hydroxylation is 3. The molecule has 1 aromatic heterocycles. The molecule has 0 radical (unpaired) electrons. The molecule has 0 aromatic carbocycles. The summed E-state index contributed by atoms with van der Waals surface area (Å²) in [5.74, 6) is 0.922. The van der Waals surface area contributed by atoms with Crippen LogP contribution in [-0.4, -0.2) is 33.7 Å². The van der Waals surface area contributed by atoms with Gasteiger partial charge in [0.15, 0.2) is 0 Å². The molecule has 1 aliphatic heterocycles. The quantitative estimate of drug-likeness (QED) is 0.823. The minimum atomic E-state index is 0.272. The van der Waals surface area contributed by atoms with Crippen LogP contribution in [-0.2, 0) is 11.3 Å². The SMILES string of the molecule is Cc1cc(C)n(CCC(=O)N2CCCC(C)C2)n1. The maximum atomic E-state index is 12.1. The van der Waals surface area contributed by atoms with E-state index in [1.54, 1.807) is 0 Å². The van der Waals surface area contributed by atoms with Gasteiger partial charge in [-0.3, -0.25) is 9.48 Å². The van der Waals surface area contributed by atoms with Crippen molar-refractivity contribution in [1.82, 2.24) is 14.7 Å². The van der Waals surface area contributed by atoms with Gasteiger partial charge in [0.1, 0.15) is 0 Å². The Kier molecular flexibility index (Phi) is 4.04. The summed E-state index contributed by atoms with van der Waals surface area (Å²) < 4.78 is 1.93. The summed E-state index contributed by atoms with van der Waals surface area (Å²) in [6, 6.07) is 2.05. The van der Waals surface area contributed by atoms with Crippen LogP contribution in [0.4, 0.5) is 0 Å². The molecule has 0 spiro atoms. The standard InChI is InChI=1S/C14H23N3O/c1-11-5-4-7-16(10-11)14(18)6-8-17-13(3)9-12(2)15-17/h9,11H,4-8,10H2,1-3H3. The lowest BCUT2D eigenvalue weighted by atomic mass is 10.00. The number of carbonyl (C=O) groups excluding carboxylic acids is 1. The molecule has 1 amide bonds. The van der Waals surface area contributed by atoms with Gasteiger partial charge >= 0.3 is 0 Å². The van der Waals surface area contributed by atoms with Crippen LogP contribution in [0, 0.1) is 19.8 Å². The molecule has 0 bridgehead atoms. The van der Waals surface area contributed by atoms with Gasteiger partial charge in [-0.1, -0.05) is 6.92 Å². The maximum absolute atomic E-state index is 12.1. The molecule has 1 aromatic rings. The largest absolute Gasteiger partial charge is 0.342 e. The molecule has 4 nitrogen and oxygen atoms in total. The fourth-order valence-corrected chi connectivity index (χ4v) is 2.68. The Hall–Kier alpha value is -1.32. The van der Waals surface area contributed by atoms with Crippen molar-refractivity contribution in [3.05, 3.63) is 17.5 Å². The van der Waals surface area contributed by atoms with E-state index in [2.05, 4.69) is 12.0 Å². The maximum Gasteiger partial charge on any atom is 0.224 e. The Balaban J connectivity index is 1.86. The highest BCUT2D eigenvalue weighted by molar-refractivity contribution is 5.76. The van der Waals surface area contributed by atoms with Crippen molar-refractivity contribution in [2.45, 2.75) is 46.6 Å². The van der Waals surface area contributed by atoms with E-state index >= 15 is 0 Å². The molecule has 0 aliphatic carbocycles. The van der Waals surface area contributed by atoms with E-state index in [0.717, 1.165) is 30.9 Å². The van der Waals surface area contributed by atoms with Crippen LogP contribution >= 0.6 is 0 Å². The Morgan fingerprint density at radius 1 is 1.50 bits per heavy atom. The molecule has 4 heteroatoms. The topological polar surface area (TPSA) is 38.1 Å². The fourth-order valence-electron chi connectivity index (χ4n) is 2.68. The zero-order chi connectivity index (χ0) is 13.1. The molecule has 0 saturated carbocycles. The van der Waals surface area contributed by atoms with Gasteiger partial charge in [-0.25, -0.2) is 0 Å². The van der Waals surface area contributed by atoms with Gasteiger partial charge in [0.25, 0.3) is 0 Å². The van der Waals surface area contributed by atoms with E-state index in [1.807, 2.05) is 29.5 Å². The number of amides is 1. The van der Waals surface area contributed by atoms with Gasteiger partial charge in [0.05, 0.1) is 5.69 Å². The van der Waals surface area contributed by atoms with Crippen LogP contribution < -0.4 is 0 Å². The second-order valence-corrected chi connectivity index (χ2v) is 5.49. The van der Waals surface area contributed by atoms with Gasteiger partial charge in [0, 0.05) is 31.7 Å². The van der Waals surface area contributed by atoms with E-state index < -0.39 is 0 Å². The Morgan fingerprint density at radius 2 is 2.28 bits per heavy atom. The molecule has 1 aliphatic rings. The molecule has 18 heavy (non-hydrogen) atoms. The van der Waals surface area contributed by atoms with Gasteiger partial charge in [-0.2, -0.15) is 5.10 Å². The molecule has 100 valence electrons. The number of piperidine rings is 1. The lowest BCUT2D eigenvalue weighted by Crippen LogP contribution is -2.39. The van der Waals surface area contributed by atoms with Crippen molar-refractivity contribution >= 4 is 5.91 Å². The molecule has 1 fully saturated rings. The minimum absolute atomic E-state index is 0.272. The molecular weight excluding hydrogens is 226 g/mol. The van der Waals surface area contributed by atoms with E-state index in [0.29, 0.717) is 18.9 Å². The lowest BCUT2D eigenvalue weighted by molar-refractivity contribution is -0.133. The first-order valence-corrected chi connectivity index (χ1v) is 6.85. The molecule has 2 heterocycles. The third kappa shape index (κ3) is 3.12. The lowest BCUT2D eigenvalue weighted by Gasteiger charge is -2.31. The highest BCUT2D eigenvalue weighted by Crippen LogP contribution is 2.16. The highest BCUT2D eigenvalue weighted by atomic mass is 16.2. The predicted octanol–water partition coefficient (Wildman–Crippen LogP) is 2.15. The number of hydrogen-bond donors (Lipinski definition) is 0. The summed E-state index contributed by atoms with van der Waals surface area (Å²) in [4.78, 5) is 14.1. The number of nitrogens with zero attached hydrogens (tertiary/aromatic N) is 3. The first-order chi connectivity index (χ1) is 8.56. The second kappa shape index (κ2) is 5.55. The van der Waals surface area contributed by atoms with Crippen LogP contribution in [0.1, 0.15) is 37.6 Å². The third-order valence-electron chi connectivity index (χ3n) is 3.65. The predicted molar refractivity (Wildman–Crippen MR) is 71.3 cm³/mol. The first kappa shape index (κ1) is 13.1. The summed E-state index contributed by atoms with van der Waals surface area (Å²) in [7, 11) is 0. The second-order valence-electron chi connectivity index (χ2n) is 5.49. The van der Waals surface area contributed by atoms with Crippen molar-refractivity contribution in [2.24, 2.45) is 5.92 Å². The van der Waals surface area contributed by atoms with Gasteiger partial charge in [-0.15, -0.1) is 0 Å². The molecule has 0 N–H and O–H groups in total. The Bertz CT molecular complexity index is 425. The zero-order valence-electron chi connectivity index (χ0n) is 11.6. The summed E-state index contributed by atoms with van der Waals surface area (Å²) in [5.41, 5.74) is 2.15. The normalized spacial score (nSPS) is 20.2. The van der Waals surface area contributed by atoms with Crippen LogP contribution in [0.15, 0.2) is 6.07 Å².